The fourth-order valence-electron chi connectivity index (χ4n) is 1.92. The third kappa shape index (κ3) is 3.72. The number of hydrogen-bond acceptors (Lipinski definition) is 5. The normalized spacial score (nSPS) is 15.6. The van der Waals surface area contributed by atoms with Crippen LogP contribution in [0.5, 0.6) is 0 Å². The quantitative estimate of drug-likeness (QED) is 0.643. The van der Waals surface area contributed by atoms with E-state index in [-0.39, 0.29) is 17.8 Å². The lowest BCUT2D eigenvalue weighted by molar-refractivity contribution is -0.120. The van der Waals surface area contributed by atoms with Crippen LogP contribution in [0.1, 0.15) is 38.4 Å². The Morgan fingerprint density at radius 3 is 2.50 bits per heavy atom. The predicted octanol–water partition coefficient (Wildman–Crippen LogP) is 2.42. The SMILES string of the molecule is CC(C)N(CC(F)(F)F)c1cc(NN)nc(C2CC2)n1. The van der Waals surface area contributed by atoms with Crippen molar-refractivity contribution >= 4 is 11.6 Å². The van der Waals surface area contributed by atoms with E-state index in [9.17, 15) is 13.2 Å². The first kappa shape index (κ1) is 14.8. The first-order valence-electron chi connectivity index (χ1n) is 6.49. The third-order valence-electron chi connectivity index (χ3n) is 3.09. The van der Waals surface area contributed by atoms with Crippen molar-refractivity contribution in [2.24, 2.45) is 5.84 Å². The molecule has 0 bridgehead atoms. The largest absolute Gasteiger partial charge is 0.405 e. The lowest BCUT2D eigenvalue weighted by atomic mass is 10.3. The van der Waals surface area contributed by atoms with Crippen LogP contribution >= 0.6 is 0 Å². The lowest BCUT2D eigenvalue weighted by Gasteiger charge is -2.29. The zero-order valence-electron chi connectivity index (χ0n) is 11.4. The smallest absolute Gasteiger partial charge is 0.345 e. The van der Waals surface area contributed by atoms with Crippen LogP contribution in [0.2, 0.25) is 0 Å². The average molecular weight is 289 g/mol. The maximum Gasteiger partial charge on any atom is 0.405 e. The van der Waals surface area contributed by atoms with Gasteiger partial charge in [-0.3, -0.25) is 0 Å². The summed E-state index contributed by atoms with van der Waals surface area (Å²) in [7, 11) is 0. The minimum absolute atomic E-state index is 0.238. The zero-order chi connectivity index (χ0) is 14.9. The molecule has 1 saturated carbocycles. The first-order chi connectivity index (χ1) is 9.30. The summed E-state index contributed by atoms with van der Waals surface area (Å²) in [6, 6.07) is 1.11. The van der Waals surface area contributed by atoms with Crippen LogP contribution in [0.4, 0.5) is 24.8 Å². The average Bonchev–Trinajstić information content (AvgIpc) is 3.18. The van der Waals surface area contributed by atoms with Gasteiger partial charge in [-0.15, -0.1) is 0 Å². The highest BCUT2D eigenvalue weighted by Crippen LogP contribution is 2.39. The molecule has 1 aliphatic carbocycles. The summed E-state index contributed by atoms with van der Waals surface area (Å²) in [4.78, 5) is 9.67. The van der Waals surface area contributed by atoms with E-state index >= 15 is 0 Å². The summed E-state index contributed by atoms with van der Waals surface area (Å²) in [6.07, 6.45) is -2.35. The molecule has 1 fully saturated rings. The minimum Gasteiger partial charge on any atom is -0.345 e. The Morgan fingerprint density at radius 2 is 2.05 bits per heavy atom. The van der Waals surface area contributed by atoms with Crippen molar-refractivity contribution in [3.05, 3.63) is 11.9 Å². The van der Waals surface area contributed by atoms with E-state index in [2.05, 4.69) is 15.4 Å². The lowest BCUT2D eigenvalue weighted by Crippen LogP contribution is -2.40. The number of nitrogen functional groups attached to an aromatic ring is 1. The van der Waals surface area contributed by atoms with Gasteiger partial charge in [-0.05, 0) is 26.7 Å². The van der Waals surface area contributed by atoms with E-state index in [1.165, 1.54) is 11.0 Å². The van der Waals surface area contributed by atoms with Crippen molar-refractivity contribution in [2.45, 2.75) is 44.8 Å². The molecule has 0 radical (unpaired) electrons. The molecule has 112 valence electrons. The summed E-state index contributed by atoms with van der Waals surface area (Å²) in [5.74, 6) is 6.72. The topological polar surface area (TPSA) is 67.1 Å². The number of nitrogens with two attached hydrogens (primary N) is 1. The maximum absolute atomic E-state index is 12.7. The highest BCUT2D eigenvalue weighted by atomic mass is 19.4. The van der Waals surface area contributed by atoms with E-state index in [0.717, 1.165) is 12.8 Å². The standard InChI is InChI=1S/C12H18F3N5/c1-7(2)20(6-12(13,14)15)10-5-9(19-16)17-11(18-10)8-3-4-8/h5,7-8H,3-4,6,16H2,1-2H3,(H,17,18,19). The molecule has 8 heteroatoms. The molecular weight excluding hydrogens is 271 g/mol. The van der Waals surface area contributed by atoms with Crippen LogP contribution in [0.25, 0.3) is 0 Å². The maximum atomic E-state index is 12.7. The monoisotopic (exact) mass is 289 g/mol. The van der Waals surface area contributed by atoms with Gasteiger partial charge in [0, 0.05) is 18.0 Å². The van der Waals surface area contributed by atoms with Gasteiger partial charge < -0.3 is 10.3 Å². The number of anilines is 2. The summed E-state index contributed by atoms with van der Waals surface area (Å²) in [6.45, 7) is 2.34. The molecule has 1 aromatic rings. The van der Waals surface area contributed by atoms with Gasteiger partial charge in [0.1, 0.15) is 24.0 Å². The van der Waals surface area contributed by atoms with Crippen molar-refractivity contribution in [1.82, 2.24) is 9.97 Å². The second kappa shape index (κ2) is 5.43. The molecule has 0 aliphatic heterocycles. The van der Waals surface area contributed by atoms with Gasteiger partial charge in [-0.25, -0.2) is 15.8 Å². The summed E-state index contributed by atoms with van der Waals surface area (Å²) >= 11 is 0. The molecule has 0 amide bonds. The van der Waals surface area contributed by atoms with Gasteiger partial charge in [0.15, 0.2) is 0 Å². The van der Waals surface area contributed by atoms with E-state index in [0.29, 0.717) is 11.6 Å². The van der Waals surface area contributed by atoms with Crippen molar-refractivity contribution in [2.75, 3.05) is 16.9 Å². The van der Waals surface area contributed by atoms with Crippen molar-refractivity contribution in [3.8, 4) is 0 Å². The second-order valence-corrected chi connectivity index (χ2v) is 5.23. The van der Waals surface area contributed by atoms with Gasteiger partial charge in [0.05, 0.1) is 0 Å². The molecule has 1 aliphatic rings. The highest BCUT2D eigenvalue weighted by molar-refractivity contribution is 5.50. The molecule has 2 rings (SSSR count). The third-order valence-corrected chi connectivity index (χ3v) is 3.09. The van der Waals surface area contributed by atoms with E-state index in [1.54, 1.807) is 13.8 Å². The van der Waals surface area contributed by atoms with Crippen LogP contribution in [0.3, 0.4) is 0 Å². The number of alkyl halides is 3. The van der Waals surface area contributed by atoms with Crippen LogP contribution in [0.15, 0.2) is 6.07 Å². The number of halogens is 3. The number of hydrazine groups is 1. The Hall–Kier alpha value is -1.57. The van der Waals surface area contributed by atoms with E-state index in [4.69, 9.17) is 5.84 Å². The van der Waals surface area contributed by atoms with Crippen molar-refractivity contribution in [1.29, 1.82) is 0 Å². The fourth-order valence-corrected chi connectivity index (χ4v) is 1.92. The second-order valence-electron chi connectivity index (χ2n) is 5.23. The summed E-state index contributed by atoms with van der Waals surface area (Å²) in [5, 5.41) is 0. The Bertz CT molecular complexity index is 471. The number of rotatable bonds is 5. The molecular formula is C12H18F3N5. The van der Waals surface area contributed by atoms with E-state index < -0.39 is 12.7 Å². The number of hydrogen-bond donors (Lipinski definition) is 2. The van der Waals surface area contributed by atoms with Crippen LogP contribution in [-0.2, 0) is 0 Å². The molecule has 0 aromatic carbocycles. The first-order valence-corrected chi connectivity index (χ1v) is 6.49. The summed E-state index contributed by atoms with van der Waals surface area (Å²) in [5.41, 5.74) is 2.39. The molecule has 1 heterocycles. The molecule has 5 nitrogen and oxygen atoms in total. The van der Waals surface area contributed by atoms with Gasteiger partial charge in [0.2, 0.25) is 0 Å². The highest BCUT2D eigenvalue weighted by Gasteiger charge is 2.34. The van der Waals surface area contributed by atoms with Crippen LogP contribution in [0, 0.1) is 0 Å². The van der Waals surface area contributed by atoms with Crippen LogP contribution < -0.4 is 16.2 Å². The van der Waals surface area contributed by atoms with Gasteiger partial charge in [-0.1, -0.05) is 0 Å². The zero-order valence-corrected chi connectivity index (χ0v) is 11.4. The molecule has 3 N–H and O–H groups in total. The van der Waals surface area contributed by atoms with Crippen molar-refractivity contribution < 1.29 is 13.2 Å². The Balaban J connectivity index is 2.33. The molecule has 1 aromatic heterocycles. The number of nitrogens with zero attached hydrogens (tertiary/aromatic N) is 3. The molecule has 0 saturated heterocycles. The van der Waals surface area contributed by atoms with Gasteiger partial charge in [0.25, 0.3) is 0 Å². The number of aromatic nitrogens is 2. The molecule has 20 heavy (non-hydrogen) atoms. The molecule has 0 unspecified atom stereocenters. The van der Waals surface area contributed by atoms with Crippen LogP contribution in [-0.4, -0.2) is 28.7 Å². The molecule has 0 atom stereocenters. The predicted molar refractivity (Wildman–Crippen MR) is 70.4 cm³/mol. The van der Waals surface area contributed by atoms with Crippen molar-refractivity contribution in [3.63, 3.8) is 0 Å². The Labute approximate surface area is 115 Å². The fraction of sp³-hybridized carbons (Fsp3) is 0.667. The number of nitrogens with one attached hydrogen (secondary N) is 1. The minimum atomic E-state index is -4.29. The van der Waals surface area contributed by atoms with Gasteiger partial charge >= 0.3 is 6.18 Å². The van der Waals surface area contributed by atoms with Gasteiger partial charge in [-0.2, -0.15) is 13.2 Å². The Morgan fingerprint density at radius 1 is 1.40 bits per heavy atom. The summed E-state index contributed by atoms with van der Waals surface area (Å²) < 4.78 is 38.0. The Kier molecular flexibility index (Phi) is 4.03. The molecule has 0 spiro atoms. The van der Waals surface area contributed by atoms with E-state index in [1.807, 2.05) is 0 Å².